The molecule has 2 N–H and O–H groups in total. The first kappa shape index (κ1) is 26.7. The second-order valence-corrected chi connectivity index (χ2v) is 9.42. The van der Waals surface area contributed by atoms with Crippen LogP contribution in [0.25, 0.3) is 0 Å². The van der Waals surface area contributed by atoms with Gasteiger partial charge in [-0.3, -0.25) is 4.79 Å². The molecule has 1 atom stereocenters. The molecule has 0 spiro atoms. The van der Waals surface area contributed by atoms with E-state index in [0.29, 0.717) is 12.4 Å². The lowest BCUT2D eigenvalue weighted by Crippen LogP contribution is -2.58. The van der Waals surface area contributed by atoms with E-state index in [1.807, 2.05) is 54.6 Å². The van der Waals surface area contributed by atoms with E-state index in [9.17, 15) is 14.4 Å². The van der Waals surface area contributed by atoms with Crippen molar-refractivity contribution in [1.82, 2.24) is 10.6 Å². The molecule has 8 heteroatoms. The quantitative estimate of drug-likeness (QED) is 0.541. The predicted molar refractivity (Wildman–Crippen MR) is 128 cm³/mol. The number of benzene rings is 2. The van der Waals surface area contributed by atoms with Gasteiger partial charge in [0.2, 0.25) is 5.91 Å². The topological polar surface area (TPSA) is 103 Å². The summed E-state index contributed by atoms with van der Waals surface area (Å²) >= 11 is 0. The molecule has 0 bridgehead atoms. The fourth-order valence-electron chi connectivity index (χ4n) is 2.99. The minimum Gasteiger partial charge on any atom is -0.489 e. The van der Waals surface area contributed by atoms with Crippen molar-refractivity contribution in [3.05, 3.63) is 65.7 Å². The molecule has 0 aromatic heterocycles. The van der Waals surface area contributed by atoms with Crippen LogP contribution in [0.1, 0.15) is 45.7 Å². The van der Waals surface area contributed by atoms with Gasteiger partial charge in [-0.1, -0.05) is 42.5 Å². The number of methoxy groups -OCH3 is 1. The Hall–Kier alpha value is -3.55. The maximum Gasteiger partial charge on any atom is 0.408 e. The number of esters is 1. The zero-order chi connectivity index (χ0) is 25.4. The molecule has 0 aliphatic rings. The molecule has 2 amide bonds. The minimum absolute atomic E-state index is 0.208. The highest BCUT2D eigenvalue weighted by Crippen LogP contribution is 2.16. The number of hydrogen-bond donors (Lipinski definition) is 2. The Morgan fingerprint density at radius 1 is 0.882 bits per heavy atom. The van der Waals surface area contributed by atoms with Gasteiger partial charge in [-0.05, 0) is 57.9 Å². The minimum atomic E-state index is -1.32. The molecule has 0 saturated heterocycles. The monoisotopic (exact) mass is 470 g/mol. The summed E-state index contributed by atoms with van der Waals surface area (Å²) in [6.07, 6.45) is -0.520. The largest absolute Gasteiger partial charge is 0.489 e. The molecular formula is C26H34N2O6. The summed E-state index contributed by atoms with van der Waals surface area (Å²) in [7, 11) is 1.26. The molecule has 2 rings (SSSR count). The van der Waals surface area contributed by atoms with Crippen molar-refractivity contribution >= 4 is 18.0 Å². The summed E-state index contributed by atoms with van der Waals surface area (Å²) < 4.78 is 15.9. The molecular weight excluding hydrogens is 436 g/mol. The highest BCUT2D eigenvalue weighted by molar-refractivity contribution is 5.92. The Balaban J connectivity index is 2.00. The average Bonchev–Trinajstić information content (AvgIpc) is 2.76. The van der Waals surface area contributed by atoms with Gasteiger partial charge in [0.25, 0.3) is 0 Å². The standard InChI is InChI=1S/C26H34N2O6/c1-25(2,3)34-24(31)28-26(4,5)23(30)27-21(22(29)32-6)16-18-12-14-20(15-13-18)33-17-19-10-8-7-9-11-19/h7-15,21H,16-17H2,1-6H3,(H,27,30)(H,28,31). The SMILES string of the molecule is COC(=O)C(Cc1ccc(OCc2ccccc2)cc1)NC(=O)C(C)(C)NC(=O)OC(C)(C)C. The van der Waals surface area contributed by atoms with Gasteiger partial charge in [0.15, 0.2) is 0 Å². The summed E-state index contributed by atoms with van der Waals surface area (Å²) in [5.41, 5.74) is -0.158. The van der Waals surface area contributed by atoms with Crippen LogP contribution in [-0.4, -0.2) is 42.3 Å². The fraction of sp³-hybridized carbons (Fsp3) is 0.423. The summed E-state index contributed by atoms with van der Waals surface area (Å²) in [5.74, 6) is -0.448. The van der Waals surface area contributed by atoms with Crippen LogP contribution in [0.15, 0.2) is 54.6 Å². The second-order valence-electron chi connectivity index (χ2n) is 9.42. The van der Waals surface area contributed by atoms with Gasteiger partial charge in [-0.25, -0.2) is 9.59 Å². The zero-order valence-corrected chi connectivity index (χ0v) is 20.6. The van der Waals surface area contributed by atoms with Gasteiger partial charge in [-0.15, -0.1) is 0 Å². The number of carbonyl (C=O) groups is 3. The number of carbonyl (C=O) groups excluding carboxylic acids is 3. The van der Waals surface area contributed by atoms with Crippen LogP contribution in [0.5, 0.6) is 5.75 Å². The van der Waals surface area contributed by atoms with Crippen LogP contribution in [0, 0.1) is 0 Å². The second kappa shape index (κ2) is 11.5. The highest BCUT2D eigenvalue weighted by Gasteiger charge is 2.34. The number of ether oxygens (including phenoxy) is 3. The van der Waals surface area contributed by atoms with E-state index in [-0.39, 0.29) is 6.42 Å². The van der Waals surface area contributed by atoms with Crippen molar-refractivity contribution in [2.75, 3.05) is 7.11 Å². The van der Waals surface area contributed by atoms with Gasteiger partial charge < -0.3 is 24.8 Å². The normalized spacial score (nSPS) is 12.3. The number of nitrogens with one attached hydrogen (secondary N) is 2. The van der Waals surface area contributed by atoms with E-state index in [0.717, 1.165) is 11.1 Å². The molecule has 184 valence electrons. The van der Waals surface area contributed by atoms with Crippen molar-refractivity contribution in [3.63, 3.8) is 0 Å². The van der Waals surface area contributed by atoms with E-state index in [1.165, 1.54) is 21.0 Å². The molecule has 0 aliphatic heterocycles. The van der Waals surface area contributed by atoms with Crippen molar-refractivity contribution in [2.45, 2.75) is 64.8 Å². The summed E-state index contributed by atoms with van der Waals surface area (Å²) in [6, 6.07) is 16.1. The van der Waals surface area contributed by atoms with Crippen molar-refractivity contribution in [3.8, 4) is 5.75 Å². The maximum atomic E-state index is 12.9. The first-order valence-corrected chi connectivity index (χ1v) is 11.1. The molecule has 34 heavy (non-hydrogen) atoms. The summed E-state index contributed by atoms with van der Waals surface area (Å²) in [5, 5.41) is 5.20. The maximum absolute atomic E-state index is 12.9. The zero-order valence-electron chi connectivity index (χ0n) is 20.6. The van der Waals surface area contributed by atoms with E-state index in [4.69, 9.17) is 14.2 Å². The van der Waals surface area contributed by atoms with Crippen LogP contribution < -0.4 is 15.4 Å². The lowest BCUT2D eigenvalue weighted by Gasteiger charge is -2.29. The van der Waals surface area contributed by atoms with E-state index < -0.39 is 35.2 Å². The Morgan fingerprint density at radius 2 is 1.50 bits per heavy atom. The van der Waals surface area contributed by atoms with Crippen LogP contribution in [0.2, 0.25) is 0 Å². The van der Waals surface area contributed by atoms with Gasteiger partial charge >= 0.3 is 12.1 Å². The number of amides is 2. The Morgan fingerprint density at radius 3 is 2.06 bits per heavy atom. The molecule has 0 aliphatic carbocycles. The lowest BCUT2D eigenvalue weighted by atomic mass is 10.0. The Kier molecular flexibility index (Phi) is 9.06. The molecule has 8 nitrogen and oxygen atoms in total. The molecule has 0 fully saturated rings. The number of alkyl carbamates (subject to hydrolysis) is 1. The lowest BCUT2D eigenvalue weighted by molar-refractivity contribution is -0.145. The van der Waals surface area contributed by atoms with Crippen LogP contribution in [0.3, 0.4) is 0 Å². The Bertz CT molecular complexity index is 965. The third kappa shape index (κ3) is 8.77. The van der Waals surface area contributed by atoms with Crippen molar-refractivity contribution in [2.24, 2.45) is 0 Å². The van der Waals surface area contributed by atoms with Gasteiger partial charge in [0, 0.05) is 6.42 Å². The molecule has 0 saturated carbocycles. The average molecular weight is 471 g/mol. The van der Waals surface area contributed by atoms with Gasteiger partial charge in [-0.2, -0.15) is 0 Å². The first-order chi connectivity index (χ1) is 15.9. The predicted octanol–water partition coefficient (Wildman–Crippen LogP) is 3.77. The fourth-order valence-corrected chi connectivity index (χ4v) is 2.99. The summed E-state index contributed by atoms with van der Waals surface area (Å²) in [6.45, 7) is 8.68. The van der Waals surface area contributed by atoms with Crippen LogP contribution >= 0.6 is 0 Å². The van der Waals surface area contributed by atoms with Crippen LogP contribution in [-0.2, 0) is 32.1 Å². The van der Waals surface area contributed by atoms with Gasteiger partial charge in [0.1, 0.15) is 29.5 Å². The van der Waals surface area contributed by atoms with Crippen molar-refractivity contribution < 1.29 is 28.6 Å². The van der Waals surface area contributed by atoms with Crippen molar-refractivity contribution in [1.29, 1.82) is 0 Å². The van der Waals surface area contributed by atoms with E-state index in [2.05, 4.69) is 10.6 Å². The molecule has 0 heterocycles. The third-order valence-corrected chi connectivity index (χ3v) is 4.78. The third-order valence-electron chi connectivity index (χ3n) is 4.78. The number of hydrogen-bond acceptors (Lipinski definition) is 6. The highest BCUT2D eigenvalue weighted by atomic mass is 16.6. The summed E-state index contributed by atoms with van der Waals surface area (Å²) in [4.78, 5) is 37.3. The molecule has 0 radical (unpaired) electrons. The smallest absolute Gasteiger partial charge is 0.408 e. The molecule has 2 aromatic rings. The van der Waals surface area contributed by atoms with E-state index in [1.54, 1.807) is 20.8 Å². The molecule has 1 unspecified atom stereocenters. The van der Waals surface area contributed by atoms with Crippen LogP contribution in [0.4, 0.5) is 4.79 Å². The number of rotatable bonds is 9. The first-order valence-electron chi connectivity index (χ1n) is 11.1. The van der Waals surface area contributed by atoms with Gasteiger partial charge in [0.05, 0.1) is 7.11 Å². The molecule has 2 aromatic carbocycles. The Labute approximate surface area is 201 Å². The van der Waals surface area contributed by atoms with E-state index >= 15 is 0 Å².